The van der Waals surface area contributed by atoms with Crippen molar-refractivity contribution in [1.29, 1.82) is 0 Å². The Balaban J connectivity index is 2.12. The van der Waals surface area contributed by atoms with E-state index in [9.17, 15) is 0 Å². The summed E-state index contributed by atoms with van der Waals surface area (Å²) in [6, 6.07) is 0.618. The third-order valence-corrected chi connectivity index (χ3v) is 3.69. The Kier molecular flexibility index (Phi) is 7.77. The van der Waals surface area contributed by atoms with Gasteiger partial charge in [0, 0.05) is 26.2 Å². The highest BCUT2D eigenvalue weighted by molar-refractivity contribution is 4.79. The molecule has 4 nitrogen and oxygen atoms in total. The molecule has 1 fully saturated rings. The van der Waals surface area contributed by atoms with Crippen molar-refractivity contribution in [1.82, 2.24) is 10.2 Å². The molecule has 1 saturated heterocycles. The van der Waals surface area contributed by atoms with Crippen molar-refractivity contribution in [2.24, 2.45) is 5.92 Å². The van der Waals surface area contributed by atoms with Crippen LogP contribution in [0, 0.1) is 5.92 Å². The molecule has 1 N–H and O–H groups in total. The Hall–Kier alpha value is -0.160. The molecule has 2 unspecified atom stereocenters. The van der Waals surface area contributed by atoms with Gasteiger partial charge in [-0.3, -0.25) is 0 Å². The molecule has 0 amide bonds. The van der Waals surface area contributed by atoms with Gasteiger partial charge in [-0.2, -0.15) is 0 Å². The second-order valence-corrected chi connectivity index (χ2v) is 4.89. The van der Waals surface area contributed by atoms with E-state index in [1.54, 1.807) is 7.11 Å². The highest BCUT2D eigenvalue weighted by Gasteiger charge is 2.23. The van der Waals surface area contributed by atoms with E-state index in [1.165, 1.54) is 25.9 Å². The van der Waals surface area contributed by atoms with Crippen LogP contribution in [-0.2, 0) is 9.47 Å². The first-order valence-corrected chi connectivity index (χ1v) is 6.74. The number of hydrogen-bond acceptors (Lipinski definition) is 4. The van der Waals surface area contributed by atoms with Crippen molar-refractivity contribution in [2.75, 3.05) is 53.6 Å². The SMILES string of the molecule is CNC(C)C1CCCN(CCOCCOC)C1. The molecule has 0 spiro atoms. The fourth-order valence-corrected chi connectivity index (χ4v) is 2.38. The molecule has 0 aromatic heterocycles. The summed E-state index contributed by atoms with van der Waals surface area (Å²) in [4.78, 5) is 2.52. The van der Waals surface area contributed by atoms with Gasteiger partial charge in [0.05, 0.1) is 19.8 Å². The van der Waals surface area contributed by atoms with Crippen LogP contribution in [0.3, 0.4) is 0 Å². The van der Waals surface area contributed by atoms with E-state index >= 15 is 0 Å². The molecule has 17 heavy (non-hydrogen) atoms. The Morgan fingerprint density at radius 1 is 1.35 bits per heavy atom. The smallest absolute Gasteiger partial charge is 0.0700 e. The van der Waals surface area contributed by atoms with Crippen LogP contribution >= 0.6 is 0 Å². The van der Waals surface area contributed by atoms with Crippen molar-refractivity contribution in [2.45, 2.75) is 25.8 Å². The predicted octanol–water partition coefficient (Wildman–Crippen LogP) is 0.969. The number of likely N-dealkylation sites (tertiary alicyclic amines) is 1. The van der Waals surface area contributed by atoms with Crippen molar-refractivity contribution < 1.29 is 9.47 Å². The van der Waals surface area contributed by atoms with Crippen LogP contribution in [-0.4, -0.2) is 64.6 Å². The molecule has 0 saturated carbocycles. The first-order chi connectivity index (χ1) is 8.27. The minimum absolute atomic E-state index is 0.618. The molecule has 4 heteroatoms. The number of nitrogens with zero attached hydrogens (tertiary/aromatic N) is 1. The molecule has 1 aliphatic rings. The van der Waals surface area contributed by atoms with Crippen LogP contribution in [0.5, 0.6) is 0 Å². The third kappa shape index (κ3) is 5.82. The molecule has 1 rings (SSSR count). The van der Waals surface area contributed by atoms with Crippen molar-refractivity contribution in [3.63, 3.8) is 0 Å². The van der Waals surface area contributed by atoms with Crippen molar-refractivity contribution >= 4 is 0 Å². The van der Waals surface area contributed by atoms with E-state index in [0.717, 1.165) is 19.1 Å². The van der Waals surface area contributed by atoms with E-state index in [-0.39, 0.29) is 0 Å². The van der Waals surface area contributed by atoms with Gasteiger partial charge in [-0.25, -0.2) is 0 Å². The number of rotatable bonds is 8. The van der Waals surface area contributed by atoms with Crippen molar-refractivity contribution in [3.05, 3.63) is 0 Å². The van der Waals surface area contributed by atoms with Crippen LogP contribution in [0.4, 0.5) is 0 Å². The summed E-state index contributed by atoms with van der Waals surface area (Å²) in [6.45, 7) is 7.99. The van der Waals surface area contributed by atoms with Gasteiger partial charge in [0.25, 0.3) is 0 Å². The lowest BCUT2D eigenvalue weighted by Gasteiger charge is -2.35. The largest absolute Gasteiger partial charge is 0.382 e. The normalized spacial score (nSPS) is 23.8. The lowest BCUT2D eigenvalue weighted by atomic mass is 9.92. The molecule has 0 aromatic carbocycles. The molecule has 0 aromatic rings. The fourth-order valence-electron chi connectivity index (χ4n) is 2.38. The zero-order valence-corrected chi connectivity index (χ0v) is 11.6. The highest BCUT2D eigenvalue weighted by atomic mass is 16.5. The molecule has 0 aliphatic carbocycles. The van der Waals surface area contributed by atoms with Crippen LogP contribution in [0.1, 0.15) is 19.8 Å². The second-order valence-electron chi connectivity index (χ2n) is 4.89. The van der Waals surface area contributed by atoms with E-state index in [2.05, 4.69) is 24.2 Å². The van der Waals surface area contributed by atoms with Gasteiger partial charge in [0.2, 0.25) is 0 Å². The topological polar surface area (TPSA) is 33.7 Å². The zero-order valence-electron chi connectivity index (χ0n) is 11.6. The minimum Gasteiger partial charge on any atom is -0.382 e. The lowest BCUT2D eigenvalue weighted by Crippen LogP contribution is -2.44. The van der Waals surface area contributed by atoms with E-state index in [1.807, 2.05) is 0 Å². The first-order valence-electron chi connectivity index (χ1n) is 6.74. The molecular formula is C13H28N2O2. The van der Waals surface area contributed by atoms with Crippen molar-refractivity contribution in [3.8, 4) is 0 Å². The maximum absolute atomic E-state index is 5.52. The molecule has 1 aliphatic heterocycles. The average molecular weight is 244 g/mol. The Bertz CT molecular complexity index is 190. The monoisotopic (exact) mass is 244 g/mol. The molecule has 102 valence electrons. The fraction of sp³-hybridized carbons (Fsp3) is 1.00. The first kappa shape index (κ1) is 14.9. The van der Waals surface area contributed by atoms with Crippen LogP contribution in [0.15, 0.2) is 0 Å². The van der Waals surface area contributed by atoms with E-state index in [4.69, 9.17) is 9.47 Å². The quantitative estimate of drug-likeness (QED) is 0.645. The summed E-state index contributed by atoms with van der Waals surface area (Å²) in [5.74, 6) is 0.785. The van der Waals surface area contributed by atoms with Crippen LogP contribution < -0.4 is 5.32 Å². The van der Waals surface area contributed by atoms with Crippen LogP contribution in [0.25, 0.3) is 0 Å². The maximum Gasteiger partial charge on any atom is 0.0700 e. The Morgan fingerprint density at radius 3 is 2.88 bits per heavy atom. The standard InChI is InChI=1S/C13H28N2O2/c1-12(14-2)13-5-4-6-15(11-13)7-8-17-10-9-16-3/h12-14H,4-11H2,1-3H3. The van der Waals surface area contributed by atoms with E-state index < -0.39 is 0 Å². The number of ether oxygens (including phenoxy) is 2. The Labute approximate surface area is 106 Å². The number of hydrogen-bond donors (Lipinski definition) is 1. The highest BCUT2D eigenvalue weighted by Crippen LogP contribution is 2.19. The third-order valence-electron chi connectivity index (χ3n) is 3.69. The molecule has 2 atom stereocenters. The van der Waals surface area contributed by atoms with Gasteiger partial charge in [-0.05, 0) is 39.3 Å². The van der Waals surface area contributed by atoms with Gasteiger partial charge >= 0.3 is 0 Å². The summed E-state index contributed by atoms with van der Waals surface area (Å²) in [6.07, 6.45) is 2.66. The van der Waals surface area contributed by atoms with Gasteiger partial charge in [-0.15, -0.1) is 0 Å². The summed E-state index contributed by atoms with van der Waals surface area (Å²) < 4.78 is 10.5. The van der Waals surface area contributed by atoms with Gasteiger partial charge in [0.1, 0.15) is 0 Å². The number of methoxy groups -OCH3 is 1. The summed E-state index contributed by atoms with van der Waals surface area (Å²) >= 11 is 0. The number of nitrogens with one attached hydrogen (secondary N) is 1. The maximum atomic E-state index is 5.52. The van der Waals surface area contributed by atoms with Gasteiger partial charge in [0.15, 0.2) is 0 Å². The molecule has 0 bridgehead atoms. The molecule has 1 heterocycles. The zero-order chi connectivity index (χ0) is 12.5. The minimum atomic E-state index is 0.618. The lowest BCUT2D eigenvalue weighted by molar-refractivity contribution is 0.0474. The predicted molar refractivity (Wildman–Crippen MR) is 70.4 cm³/mol. The average Bonchev–Trinajstić information content (AvgIpc) is 2.38. The van der Waals surface area contributed by atoms with Crippen LogP contribution in [0.2, 0.25) is 0 Å². The second kappa shape index (κ2) is 8.86. The van der Waals surface area contributed by atoms with Gasteiger partial charge in [-0.1, -0.05) is 0 Å². The van der Waals surface area contributed by atoms with E-state index in [0.29, 0.717) is 19.3 Å². The van der Waals surface area contributed by atoms with Gasteiger partial charge < -0.3 is 19.7 Å². The number of piperidine rings is 1. The summed E-state index contributed by atoms with van der Waals surface area (Å²) in [5.41, 5.74) is 0. The summed E-state index contributed by atoms with van der Waals surface area (Å²) in [5, 5.41) is 3.36. The summed E-state index contributed by atoms with van der Waals surface area (Å²) in [7, 11) is 3.76. The Morgan fingerprint density at radius 2 is 2.18 bits per heavy atom. The molecular weight excluding hydrogens is 216 g/mol. The molecule has 0 radical (unpaired) electrons.